The molecule has 0 atom stereocenters. The number of para-hydroxylation sites is 3. The first-order valence-corrected chi connectivity index (χ1v) is 19.7. The number of rotatable bonds is 8. The summed E-state index contributed by atoms with van der Waals surface area (Å²) in [5.41, 5.74) is 11.1. The molecule has 7 heteroatoms. The fourth-order valence-corrected chi connectivity index (χ4v) is 8.27. The molecule has 60 heavy (non-hydrogen) atoms. The molecular weight excluding hydrogens is 916 g/mol. The fourth-order valence-electron chi connectivity index (χ4n) is 8.27. The summed E-state index contributed by atoms with van der Waals surface area (Å²) >= 11 is 0. The maximum absolute atomic E-state index is 4.98. The summed E-state index contributed by atoms with van der Waals surface area (Å²) < 4.78 is 4.36. The summed E-state index contributed by atoms with van der Waals surface area (Å²) in [6, 6.07) is 75.3. The Morgan fingerprint density at radius 1 is 0.483 bits per heavy atom. The summed E-state index contributed by atoms with van der Waals surface area (Å²) in [7, 11) is 0. The van der Waals surface area contributed by atoms with Crippen molar-refractivity contribution in [3.05, 3.63) is 248 Å². The van der Waals surface area contributed by atoms with E-state index in [1.165, 1.54) is 0 Å². The smallest absolute Gasteiger partial charge is 0.146 e. The van der Waals surface area contributed by atoms with E-state index in [1.807, 2.05) is 36.8 Å². The average Bonchev–Trinajstić information content (AvgIpc) is 4.01. The van der Waals surface area contributed by atoms with E-state index in [-0.39, 0.29) is 21.1 Å². The summed E-state index contributed by atoms with van der Waals surface area (Å²) in [4.78, 5) is 14.1. The van der Waals surface area contributed by atoms with E-state index in [0.29, 0.717) is 0 Å². The molecule has 7 aromatic carbocycles. The van der Waals surface area contributed by atoms with Crippen molar-refractivity contribution < 1.29 is 21.1 Å². The molecule has 1 aliphatic heterocycles. The van der Waals surface area contributed by atoms with Crippen molar-refractivity contribution in [1.29, 1.82) is 0 Å². The van der Waals surface area contributed by atoms with Crippen LogP contribution in [-0.4, -0.2) is 19.1 Å². The summed E-state index contributed by atoms with van der Waals surface area (Å²) in [5.74, 6) is 2.61. The molecule has 0 N–H and O–H groups in total. The summed E-state index contributed by atoms with van der Waals surface area (Å²) in [5, 5.41) is 2.27. The molecule has 11 rings (SSSR count). The minimum atomic E-state index is 0. The Bertz CT molecular complexity index is 3080. The molecule has 10 aromatic rings. The van der Waals surface area contributed by atoms with Gasteiger partial charge < -0.3 is 14.4 Å². The Morgan fingerprint density at radius 3 is 1.82 bits per heavy atom. The number of pyridine rings is 1. The zero-order valence-electron chi connectivity index (χ0n) is 32.2. The first kappa shape index (κ1) is 37.0. The maximum atomic E-state index is 4.98. The van der Waals surface area contributed by atoms with Crippen LogP contribution in [0.2, 0.25) is 0 Å². The number of benzene rings is 7. The molecule has 6 nitrogen and oxygen atoms in total. The van der Waals surface area contributed by atoms with E-state index >= 15 is 0 Å². The van der Waals surface area contributed by atoms with Gasteiger partial charge in [0, 0.05) is 44.2 Å². The van der Waals surface area contributed by atoms with Crippen LogP contribution in [0.25, 0.3) is 44.5 Å². The van der Waals surface area contributed by atoms with Gasteiger partial charge in [0.25, 0.3) is 0 Å². The van der Waals surface area contributed by atoms with E-state index in [4.69, 9.17) is 9.97 Å². The minimum absolute atomic E-state index is 0. The van der Waals surface area contributed by atoms with Gasteiger partial charge in [0.2, 0.25) is 0 Å². The maximum Gasteiger partial charge on any atom is 0.146 e. The first-order valence-electron chi connectivity index (χ1n) is 19.7. The number of aromatic nitrogens is 4. The van der Waals surface area contributed by atoms with Gasteiger partial charge in [0.15, 0.2) is 0 Å². The predicted octanol–water partition coefficient (Wildman–Crippen LogP) is 12.4. The quantitative estimate of drug-likeness (QED) is 0.112. The first-order chi connectivity index (χ1) is 29.3. The van der Waals surface area contributed by atoms with Crippen LogP contribution >= 0.6 is 0 Å². The number of anilines is 4. The zero-order chi connectivity index (χ0) is 39.1. The van der Waals surface area contributed by atoms with Crippen LogP contribution < -0.4 is 9.80 Å². The second kappa shape index (κ2) is 15.8. The monoisotopic (exact) mass is 950 g/mol. The van der Waals surface area contributed by atoms with Gasteiger partial charge in [-0.2, -0.15) is 0 Å². The van der Waals surface area contributed by atoms with Crippen LogP contribution in [0.4, 0.5) is 23.0 Å². The molecule has 0 unspecified atom stereocenters. The third-order valence-electron chi connectivity index (χ3n) is 10.9. The van der Waals surface area contributed by atoms with E-state index in [2.05, 4.69) is 208 Å². The van der Waals surface area contributed by atoms with E-state index in [9.17, 15) is 0 Å². The van der Waals surface area contributed by atoms with Gasteiger partial charge in [-0.15, -0.1) is 65.8 Å². The van der Waals surface area contributed by atoms with Crippen LogP contribution in [0.3, 0.4) is 0 Å². The van der Waals surface area contributed by atoms with Crippen molar-refractivity contribution in [2.75, 3.05) is 9.80 Å². The second-order valence-corrected chi connectivity index (χ2v) is 14.4. The Balaban J connectivity index is 0.00000433. The molecule has 0 fully saturated rings. The molecule has 1 aliphatic rings. The van der Waals surface area contributed by atoms with Gasteiger partial charge in [-0.25, -0.2) is 9.97 Å². The molecule has 0 bridgehead atoms. The van der Waals surface area contributed by atoms with Gasteiger partial charge in [-0.05, 0) is 70.1 Å². The van der Waals surface area contributed by atoms with Crippen LogP contribution in [0, 0.1) is 18.8 Å². The number of hydrogen-bond acceptors (Lipinski definition) is 4. The zero-order valence-corrected chi connectivity index (χ0v) is 34.5. The van der Waals surface area contributed by atoms with Crippen molar-refractivity contribution in [1.82, 2.24) is 19.1 Å². The Labute approximate surface area is 363 Å². The molecule has 0 saturated carbocycles. The fraction of sp³-hybridized carbons (Fsp3) is 0. The van der Waals surface area contributed by atoms with Crippen LogP contribution in [0.5, 0.6) is 0 Å². The molecule has 0 aliphatic carbocycles. The van der Waals surface area contributed by atoms with Gasteiger partial charge in [-0.3, -0.25) is 4.57 Å². The predicted molar refractivity (Wildman–Crippen MR) is 239 cm³/mol. The summed E-state index contributed by atoms with van der Waals surface area (Å²) in [6.07, 6.45) is 3.75. The molecular formula is C53H35N6Pt-3. The summed E-state index contributed by atoms with van der Waals surface area (Å²) in [6.45, 7) is 2.12. The molecule has 0 saturated heterocycles. The number of nitrogens with zero attached hydrogens (tertiary/aromatic N) is 6. The Hall–Kier alpha value is -7.27. The van der Waals surface area contributed by atoms with Crippen LogP contribution in [0.15, 0.2) is 207 Å². The molecule has 0 spiro atoms. The molecule has 290 valence electrons. The van der Waals surface area contributed by atoms with Crippen LogP contribution in [0.1, 0.15) is 22.3 Å². The standard InChI is InChI=1S/C53H35N6.Pt/c1-5-18-38(19-6-1)50(39-20-7-2-8-21-39)51(41-31-32-46-45-28-13-14-29-47(45)59(48(46)35-41)49-30-15-16-33-54-49)40-22-17-27-44(34-40)58-37-57(43-25-11-4-12-26-43)52-53(58)56(36-55-52)42-23-9-3-10-24-42;/h1-33,36-37H;/q-3;. The van der Waals surface area contributed by atoms with Crippen molar-refractivity contribution in [2.45, 2.75) is 0 Å². The topological polar surface area (TPSA) is 42.1 Å². The minimum Gasteiger partial charge on any atom is -0.473 e. The van der Waals surface area contributed by atoms with Gasteiger partial charge in [0.1, 0.15) is 23.8 Å². The molecule has 4 heterocycles. The van der Waals surface area contributed by atoms with Gasteiger partial charge in [-0.1, -0.05) is 132 Å². The SMILES string of the molecule is [Pt].[c-]1c(C(=C(c2ccccc2)c2ccccc2)c2[c-]c3c(cc2)c2ccccc2n3-c2ccccn2)cccc1N1[CH-]N(c2ccccc2)c2ncn(-c3ccccc3)c21. The van der Waals surface area contributed by atoms with E-state index in [0.717, 1.165) is 89.7 Å². The number of fused-ring (bicyclic) bond motifs is 4. The van der Waals surface area contributed by atoms with Gasteiger partial charge in [0.05, 0.1) is 0 Å². The average molecular weight is 951 g/mol. The normalized spacial score (nSPS) is 12.1. The van der Waals surface area contributed by atoms with Crippen LogP contribution in [-0.2, 0) is 21.1 Å². The van der Waals surface area contributed by atoms with E-state index < -0.39 is 0 Å². The third-order valence-corrected chi connectivity index (χ3v) is 10.9. The van der Waals surface area contributed by atoms with Crippen molar-refractivity contribution in [3.63, 3.8) is 0 Å². The third kappa shape index (κ3) is 6.43. The van der Waals surface area contributed by atoms with E-state index in [1.54, 1.807) is 0 Å². The van der Waals surface area contributed by atoms with Crippen molar-refractivity contribution in [2.24, 2.45) is 0 Å². The second-order valence-electron chi connectivity index (χ2n) is 14.4. The Kier molecular flexibility index (Phi) is 9.76. The number of hydrogen-bond donors (Lipinski definition) is 0. The van der Waals surface area contributed by atoms with Crippen molar-refractivity contribution >= 4 is 56.0 Å². The molecule has 3 aromatic heterocycles. The molecule has 0 amide bonds. The van der Waals surface area contributed by atoms with Gasteiger partial charge >= 0.3 is 0 Å². The largest absolute Gasteiger partial charge is 0.473 e. The number of imidazole rings is 1. The van der Waals surface area contributed by atoms with Crippen molar-refractivity contribution in [3.8, 4) is 11.5 Å². The Morgan fingerprint density at radius 2 is 1.12 bits per heavy atom. The molecule has 0 radical (unpaired) electrons.